The van der Waals surface area contributed by atoms with Crippen LogP contribution < -0.4 is 0 Å². The summed E-state index contributed by atoms with van der Waals surface area (Å²) in [6.07, 6.45) is 4.35. The fourth-order valence-electron chi connectivity index (χ4n) is 1.46. The van der Waals surface area contributed by atoms with Crippen LogP contribution >= 0.6 is 0 Å². The highest BCUT2D eigenvalue weighted by atomic mass is 16.3. The average molecular weight is 181 g/mol. The van der Waals surface area contributed by atoms with Crippen molar-refractivity contribution < 1.29 is 5.11 Å². The lowest BCUT2D eigenvalue weighted by atomic mass is 9.98. The van der Waals surface area contributed by atoms with Crippen molar-refractivity contribution in [3.05, 3.63) is 11.9 Å². The summed E-state index contributed by atoms with van der Waals surface area (Å²) in [6.45, 7) is 2.12. The molecule has 0 amide bonds. The Labute approximate surface area is 77.6 Å². The van der Waals surface area contributed by atoms with Gasteiger partial charge in [0, 0.05) is 13.5 Å². The SMILES string of the molecule is Cn1ncc(CC(O)C2(C)CC2)n1. The normalized spacial score (nSPS) is 21.5. The van der Waals surface area contributed by atoms with Crippen LogP contribution in [0.1, 0.15) is 25.5 Å². The summed E-state index contributed by atoms with van der Waals surface area (Å²) in [4.78, 5) is 1.53. The van der Waals surface area contributed by atoms with Gasteiger partial charge in [-0.05, 0) is 18.3 Å². The summed E-state index contributed by atoms with van der Waals surface area (Å²) >= 11 is 0. The number of hydrogen-bond acceptors (Lipinski definition) is 3. The Balaban J connectivity index is 1.98. The van der Waals surface area contributed by atoms with Crippen LogP contribution in [0, 0.1) is 5.41 Å². The lowest BCUT2D eigenvalue weighted by molar-refractivity contribution is 0.102. The molecule has 0 saturated heterocycles. The van der Waals surface area contributed by atoms with E-state index >= 15 is 0 Å². The lowest BCUT2D eigenvalue weighted by Crippen LogP contribution is -2.21. The van der Waals surface area contributed by atoms with E-state index in [0.29, 0.717) is 6.42 Å². The van der Waals surface area contributed by atoms with Gasteiger partial charge in [0.05, 0.1) is 18.0 Å². The summed E-state index contributed by atoms with van der Waals surface area (Å²) in [5.74, 6) is 0. The molecule has 0 radical (unpaired) electrons. The highest BCUT2D eigenvalue weighted by Gasteiger charge is 2.44. The second kappa shape index (κ2) is 2.80. The second-order valence-corrected chi connectivity index (χ2v) is 4.20. The molecule has 1 aromatic heterocycles. The molecule has 13 heavy (non-hydrogen) atoms. The summed E-state index contributed by atoms with van der Waals surface area (Å²) in [5.41, 5.74) is 1.03. The molecule has 1 fully saturated rings. The van der Waals surface area contributed by atoms with Crippen molar-refractivity contribution in [1.29, 1.82) is 0 Å². The molecule has 1 aliphatic rings. The zero-order valence-corrected chi connectivity index (χ0v) is 8.06. The minimum Gasteiger partial charge on any atom is -0.392 e. The molecule has 72 valence electrons. The predicted molar refractivity (Wildman–Crippen MR) is 48.1 cm³/mol. The van der Waals surface area contributed by atoms with E-state index < -0.39 is 0 Å². The highest BCUT2D eigenvalue weighted by Crippen LogP contribution is 2.48. The Morgan fingerprint density at radius 1 is 1.69 bits per heavy atom. The van der Waals surface area contributed by atoms with Gasteiger partial charge in [0.2, 0.25) is 0 Å². The average Bonchev–Trinajstić information content (AvgIpc) is 2.69. The molecule has 1 aliphatic carbocycles. The first kappa shape index (κ1) is 8.69. The quantitative estimate of drug-likeness (QED) is 0.739. The third-order valence-electron chi connectivity index (χ3n) is 2.89. The molecule has 1 saturated carbocycles. The maximum absolute atomic E-state index is 9.83. The van der Waals surface area contributed by atoms with Gasteiger partial charge in [-0.3, -0.25) is 0 Å². The minimum atomic E-state index is -0.260. The first-order valence-electron chi connectivity index (χ1n) is 4.63. The van der Waals surface area contributed by atoms with Crippen LogP contribution in [0.25, 0.3) is 0 Å². The first-order chi connectivity index (χ1) is 6.10. The van der Waals surface area contributed by atoms with E-state index in [0.717, 1.165) is 18.5 Å². The topological polar surface area (TPSA) is 50.9 Å². The van der Waals surface area contributed by atoms with Crippen molar-refractivity contribution in [2.75, 3.05) is 0 Å². The molecule has 1 unspecified atom stereocenters. The second-order valence-electron chi connectivity index (χ2n) is 4.20. The first-order valence-corrected chi connectivity index (χ1v) is 4.63. The number of aliphatic hydroxyl groups is 1. The molecule has 1 aromatic rings. The van der Waals surface area contributed by atoms with Gasteiger partial charge in [-0.1, -0.05) is 6.92 Å². The third-order valence-corrected chi connectivity index (χ3v) is 2.89. The smallest absolute Gasteiger partial charge is 0.0853 e. The van der Waals surface area contributed by atoms with E-state index in [1.807, 2.05) is 0 Å². The number of nitrogens with zero attached hydrogens (tertiary/aromatic N) is 3. The third kappa shape index (κ3) is 1.72. The van der Waals surface area contributed by atoms with Crippen molar-refractivity contribution in [3.63, 3.8) is 0 Å². The van der Waals surface area contributed by atoms with Gasteiger partial charge >= 0.3 is 0 Å². The molecule has 4 nitrogen and oxygen atoms in total. The Bertz CT molecular complexity index is 304. The molecule has 0 bridgehead atoms. The Morgan fingerprint density at radius 3 is 2.85 bits per heavy atom. The van der Waals surface area contributed by atoms with Gasteiger partial charge in [0.25, 0.3) is 0 Å². The van der Waals surface area contributed by atoms with Gasteiger partial charge in [-0.2, -0.15) is 15.0 Å². The van der Waals surface area contributed by atoms with Crippen molar-refractivity contribution >= 4 is 0 Å². The van der Waals surface area contributed by atoms with E-state index in [4.69, 9.17) is 0 Å². The minimum absolute atomic E-state index is 0.150. The maximum atomic E-state index is 9.83. The van der Waals surface area contributed by atoms with Crippen LogP contribution in [0.2, 0.25) is 0 Å². The summed E-state index contributed by atoms with van der Waals surface area (Å²) in [5, 5.41) is 17.9. The molecule has 0 spiro atoms. The number of aromatic nitrogens is 3. The Hall–Kier alpha value is -0.900. The monoisotopic (exact) mass is 181 g/mol. The van der Waals surface area contributed by atoms with Gasteiger partial charge < -0.3 is 5.11 Å². The van der Waals surface area contributed by atoms with E-state index in [1.165, 1.54) is 4.80 Å². The van der Waals surface area contributed by atoms with Crippen molar-refractivity contribution in [2.24, 2.45) is 12.5 Å². The fourth-order valence-corrected chi connectivity index (χ4v) is 1.46. The van der Waals surface area contributed by atoms with Crippen LogP contribution in [-0.2, 0) is 13.5 Å². The molecule has 4 heteroatoms. The van der Waals surface area contributed by atoms with E-state index in [-0.39, 0.29) is 11.5 Å². The highest BCUT2D eigenvalue weighted by molar-refractivity contribution is 5.02. The summed E-state index contributed by atoms with van der Waals surface area (Å²) in [6, 6.07) is 0. The van der Waals surface area contributed by atoms with E-state index in [1.54, 1.807) is 13.2 Å². The van der Waals surface area contributed by atoms with Crippen molar-refractivity contribution in [2.45, 2.75) is 32.3 Å². The maximum Gasteiger partial charge on any atom is 0.0853 e. The van der Waals surface area contributed by atoms with Gasteiger partial charge in [0.1, 0.15) is 0 Å². The van der Waals surface area contributed by atoms with Crippen LogP contribution in [0.4, 0.5) is 0 Å². The number of aliphatic hydroxyl groups excluding tert-OH is 1. The number of aryl methyl sites for hydroxylation is 1. The molecular formula is C9H15N3O. The van der Waals surface area contributed by atoms with Crippen LogP contribution in [-0.4, -0.2) is 26.2 Å². The number of hydrogen-bond donors (Lipinski definition) is 1. The summed E-state index contributed by atoms with van der Waals surface area (Å²) in [7, 11) is 1.79. The van der Waals surface area contributed by atoms with Crippen molar-refractivity contribution in [3.8, 4) is 0 Å². The van der Waals surface area contributed by atoms with Crippen LogP contribution in [0.5, 0.6) is 0 Å². The molecule has 0 aliphatic heterocycles. The lowest BCUT2D eigenvalue weighted by Gasteiger charge is -2.15. The van der Waals surface area contributed by atoms with E-state index in [9.17, 15) is 5.11 Å². The fraction of sp³-hybridized carbons (Fsp3) is 0.778. The Morgan fingerprint density at radius 2 is 2.38 bits per heavy atom. The van der Waals surface area contributed by atoms with E-state index in [2.05, 4.69) is 17.1 Å². The zero-order chi connectivity index (χ0) is 9.47. The summed E-state index contributed by atoms with van der Waals surface area (Å²) < 4.78 is 0. The molecule has 1 heterocycles. The number of rotatable bonds is 3. The van der Waals surface area contributed by atoms with Gasteiger partial charge in [-0.25, -0.2) is 0 Å². The Kier molecular flexibility index (Phi) is 1.87. The molecular weight excluding hydrogens is 166 g/mol. The van der Waals surface area contributed by atoms with Gasteiger partial charge in [-0.15, -0.1) is 0 Å². The molecule has 1 N–H and O–H groups in total. The zero-order valence-electron chi connectivity index (χ0n) is 8.06. The largest absolute Gasteiger partial charge is 0.392 e. The standard InChI is InChI=1S/C9H15N3O/c1-9(3-4-9)8(13)5-7-6-10-12(2)11-7/h6,8,13H,3-5H2,1-2H3. The molecule has 0 aromatic carbocycles. The van der Waals surface area contributed by atoms with Crippen LogP contribution in [0.15, 0.2) is 6.20 Å². The predicted octanol–water partition coefficient (Wildman–Crippen LogP) is 0.519. The van der Waals surface area contributed by atoms with Crippen molar-refractivity contribution in [1.82, 2.24) is 15.0 Å². The van der Waals surface area contributed by atoms with Gasteiger partial charge in [0.15, 0.2) is 0 Å². The molecule has 1 atom stereocenters. The van der Waals surface area contributed by atoms with Crippen LogP contribution in [0.3, 0.4) is 0 Å². The molecule has 2 rings (SSSR count).